The molecular weight excluding hydrogens is 947 g/mol. The maximum atomic E-state index is 12.5. The van der Waals surface area contributed by atoms with Crippen molar-refractivity contribution in [3.63, 3.8) is 0 Å². The van der Waals surface area contributed by atoms with E-state index in [1.807, 2.05) is 0 Å². The number of amides is 1. The maximum absolute atomic E-state index is 12.5. The minimum Gasteiger partial charge on any atom is -0.466 e. The first-order chi connectivity index (χ1) is 38.0. The zero-order valence-electron chi connectivity index (χ0n) is 52.7. The maximum Gasteiger partial charge on any atom is 0.305 e. The van der Waals surface area contributed by atoms with Gasteiger partial charge in [0.15, 0.2) is 0 Å². The van der Waals surface area contributed by atoms with E-state index in [0.717, 1.165) is 38.5 Å². The van der Waals surface area contributed by atoms with Crippen LogP contribution in [0.3, 0.4) is 0 Å². The number of hydrogen-bond donors (Lipinski definition) is 3. The molecule has 0 bridgehead atoms. The van der Waals surface area contributed by atoms with Gasteiger partial charge < -0.3 is 20.3 Å². The van der Waals surface area contributed by atoms with E-state index >= 15 is 0 Å². The molecule has 0 saturated carbocycles. The van der Waals surface area contributed by atoms with Gasteiger partial charge in [-0.3, -0.25) is 9.59 Å². The molecule has 0 aromatic rings. The topological polar surface area (TPSA) is 95.9 Å². The quantitative estimate of drug-likeness (QED) is 0.0417. The molecule has 0 heterocycles. The van der Waals surface area contributed by atoms with Crippen molar-refractivity contribution in [3.05, 3.63) is 0 Å². The largest absolute Gasteiger partial charge is 0.466 e. The molecule has 0 aliphatic rings. The first-order valence-corrected chi connectivity index (χ1v) is 35.8. The Balaban J connectivity index is 3.28. The third-order valence-corrected chi connectivity index (χ3v) is 17.2. The van der Waals surface area contributed by atoms with E-state index in [2.05, 4.69) is 19.2 Å². The van der Waals surface area contributed by atoms with E-state index in [-0.39, 0.29) is 18.5 Å². The minimum absolute atomic E-state index is 0.0251. The Hall–Kier alpha value is -1.14. The van der Waals surface area contributed by atoms with Crippen LogP contribution < -0.4 is 5.32 Å². The molecule has 77 heavy (non-hydrogen) atoms. The summed E-state index contributed by atoms with van der Waals surface area (Å²) in [4.78, 5) is 24.6. The van der Waals surface area contributed by atoms with Crippen LogP contribution in [0.5, 0.6) is 0 Å². The van der Waals surface area contributed by atoms with Crippen LogP contribution in [0.2, 0.25) is 0 Å². The normalized spacial score (nSPS) is 12.4. The molecular formula is C71H141NO5. The summed E-state index contributed by atoms with van der Waals surface area (Å²) in [5.74, 6) is -0.00219. The van der Waals surface area contributed by atoms with Crippen molar-refractivity contribution in [2.75, 3.05) is 13.2 Å². The van der Waals surface area contributed by atoms with Gasteiger partial charge in [0, 0.05) is 12.8 Å². The van der Waals surface area contributed by atoms with Gasteiger partial charge in [0.1, 0.15) is 0 Å². The van der Waals surface area contributed by atoms with Crippen LogP contribution in [-0.2, 0) is 14.3 Å². The van der Waals surface area contributed by atoms with Crippen molar-refractivity contribution in [2.24, 2.45) is 0 Å². The van der Waals surface area contributed by atoms with Gasteiger partial charge in [0.2, 0.25) is 5.91 Å². The van der Waals surface area contributed by atoms with Gasteiger partial charge in [-0.25, -0.2) is 0 Å². The fourth-order valence-electron chi connectivity index (χ4n) is 11.7. The highest BCUT2D eigenvalue weighted by molar-refractivity contribution is 5.76. The number of carbonyl (C=O) groups is 2. The lowest BCUT2D eigenvalue weighted by Gasteiger charge is -2.22. The Kier molecular flexibility index (Phi) is 66.4. The lowest BCUT2D eigenvalue weighted by molar-refractivity contribution is -0.143. The van der Waals surface area contributed by atoms with E-state index in [1.54, 1.807) is 0 Å². The predicted octanol–water partition coefficient (Wildman–Crippen LogP) is 23.0. The standard InChI is InChI=1S/C71H141NO5/c1-3-5-7-9-11-13-15-17-41-45-49-53-57-61-65-71(76)77-66-62-58-54-50-46-42-38-36-34-32-30-28-26-24-22-20-18-19-21-23-25-27-29-31-33-35-37-40-44-48-52-56-60-64-70(75)72-68(67-73)69(74)63-59-55-51-47-43-39-16-14-12-10-8-6-4-2/h68-69,73-74H,3-67H2,1-2H3,(H,72,75). The Labute approximate surface area is 483 Å². The second-order valence-electron chi connectivity index (χ2n) is 24.9. The molecule has 0 aromatic heterocycles. The molecule has 1 amide bonds. The number of aliphatic hydroxyl groups excluding tert-OH is 2. The summed E-state index contributed by atoms with van der Waals surface area (Å²) < 4.78 is 5.50. The van der Waals surface area contributed by atoms with Gasteiger partial charge in [0.25, 0.3) is 0 Å². The minimum atomic E-state index is -0.659. The molecule has 2 atom stereocenters. The highest BCUT2D eigenvalue weighted by Crippen LogP contribution is 2.20. The second kappa shape index (κ2) is 67.4. The van der Waals surface area contributed by atoms with Crippen molar-refractivity contribution < 1.29 is 24.5 Å². The van der Waals surface area contributed by atoms with Crippen molar-refractivity contribution in [3.8, 4) is 0 Å². The average Bonchev–Trinajstić information content (AvgIpc) is 3.43. The van der Waals surface area contributed by atoms with Crippen LogP contribution in [0.15, 0.2) is 0 Å². The van der Waals surface area contributed by atoms with Gasteiger partial charge in [0.05, 0.1) is 25.4 Å². The fourth-order valence-corrected chi connectivity index (χ4v) is 11.7. The van der Waals surface area contributed by atoms with Crippen molar-refractivity contribution in [1.29, 1.82) is 0 Å². The van der Waals surface area contributed by atoms with Crippen LogP contribution in [0.4, 0.5) is 0 Å². The average molecular weight is 1090 g/mol. The Morgan fingerprint density at radius 1 is 0.312 bits per heavy atom. The molecule has 460 valence electrons. The van der Waals surface area contributed by atoms with E-state index < -0.39 is 12.1 Å². The highest BCUT2D eigenvalue weighted by atomic mass is 16.5. The molecule has 6 heteroatoms. The van der Waals surface area contributed by atoms with Gasteiger partial charge in [-0.2, -0.15) is 0 Å². The summed E-state index contributed by atoms with van der Waals surface area (Å²) in [7, 11) is 0. The van der Waals surface area contributed by atoms with E-state index in [4.69, 9.17) is 4.74 Å². The van der Waals surface area contributed by atoms with Crippen LogP contribution >= 0.6 is 0 Å². The summed E-state index contributed by atoms with van der Waals surface area (Å²) in [6.45, 7) is 5.00. The number of nitrogens with one attached hydrogen (secondary N) is 1. The van der Waals surface area contributed by atoms with Crippen molar-refractivity contribution in [1.82, 2.24) is 5.32 Å². The van der Waals surface area contributed by atoms with Gasteiger partial charge in [-0.15, -0.1) is 0 Å². The zero-order chi connectivity index (χ0) is 55.7. The Bertz CT molecular complexity index is 1120. The van der Waals surface area contributed by atoms with E-state index in [1.165, 1.54) is 347 Å². The predicted molar refractivity (Wildman–Crippen MR) is 338 cm³/mol. The molecule has 0 aliphatic carbocycles. The van der Waals surface area contributed by atoms with Crippen LogP contribution in [0.1, 0.15) is 418 Å². The van der Waals surface area contributed by atoms with Gasteiger partial charge >= 0.3 is 5.97 Å². The van der Waals surface area contributed by atoms with Gasteiger partial charge in [-0.1, -0.05) is 380 Å². The number of rotatable bonds is 68. The molecule has 3 N–H and O–H groups in total. The molecule has 0 saturated heterocycles. The van der Waals surface area contributed by atoms with Crippen molar-refractivity contribution >= 4 is 11.9 Å². The van der Waals surface area contributed by atoms with Crippen LogP contribution in [0, 0.1) is 0 Å². The molecule has 0 rings (SSSR count). The Morgan fingerprint density at radius 2 is 0.532 bits per heavy atom. The molecule has 0 aromatic carbocycles. The number of ether oxygens (including phenoxy) is 1. The summed E-state index contributed by atoms with van der Waals surface area (Å²) in [6.07, 6.45) is 81.7. The zero-order valence-corrected chi connectivity index (χ0v) is 52.7. The number of aliphatic hydroxyl groups is 2. The lowest BCUT2D eigenvalue weighted by atomic mass is 10.0. The second-order valence-corrected chi connectivity index (χ2v) is 24.9. The smallest absolute Gasteiger partial charge is 0.305 e. The monoisotopic (exact) mass is 1090 g/mol. The third kappa shape index (κ3) is 63.9. The van der Waals surface area contributed by atoms with E-state index in [9.17, 15) is 19.8 Å². The molecule has 0 radical (unpaired) electrons. The first-order valence-electron chi connectivity index (χ1n) is 35.8. The van der Waals surface area contributed by atoms with E-state index in [0.29, 0.717) is 25.9 Å². The summed E-state index contributed by atoms with van der Waals surface area (Å²) >= 11 is 0. The molecule has 0 aliphatic heterocycles. The lowest BCUT2D eigenvalue weighted by Crippen LogP contribution is -2.45. The number of hydrogen-bond acceptors (Lipinski definition) is 5. The van der Waals surface area contributed by atoms with Crippen molar-refractivity contribution in [2.45, 2.75) is 431 Å². The molecule has 6 nitrogen and oxygen atoms in total. The van der Waals surface area contributed by atoms with Crippen LogP contribution in [-0.4, -0.2) is 47.4 Å². The molecule has 0 spiro atoms. The van der Waals surface area contributed by atoms with Crippen LogP contribution in [0.25, 0.3) is 0 Å². The number of esters is 1. The molecule has 2 unspecified atom stereocenters. The first kappa shape index (κ1) is 75.9. The number of carbonyl (C=O) groups excluding carboxylic acids is 2. The van der Waals surface area contributed by atoms with Gasteiger partial charge in [-0.05, 0) is 25.7 Å². The number of unbranched alkanes of at least 4 members (excludes halogenated alkanes) is 57. The fraction of sp³-hybridized carbons (Fsp3) is 0.972. The summed E-state index contributed by atoms with van der Waals surface area (Å²) in [6, 6.07) is -0.536. The highest BCUT2D eigenvalue weighted by Gasteiger charge is 2.20. The Morgan fingerprint density at radius 3 is 0.792 bits per heavy atom. The summed E-state index contributed by atoms with van der Waals surface area (Å²) in [5, 5.41) is 23.3. The third-order valence-electron chi connectivity index (χ3n) is 17.2. The SMILES string of the molecule is CCCCCCCCCCCCCCCCC(=O)OCCCCCCCCCCCCCCCCCCCCCCCCCCCCCCCCCCCC(=O)NC(CO)C(O)CCCCCCCCCCCCCCC. The summed E-state index contributed by atoms with van der Waals surface area (Å²) in [5.41, 5.74) is 0. The molecule has 0 fully saturated rings.